The Morgan fingerprint density at radius 3 is 2.70 bits per heavy atom. The number of hydrogen-bond acceptors (Lipinski definition) is 6. The first kappa shape index (κ1) is 16.7. The molecule has 0 radical (unpaired) electrons. The summed E-state index contributed by atoms with van der Waals surface area (Å²) < 4.78 is 0. The lowest BCUT2D eigenvalue weighted by atomic mass is 10.2. The molecule has 0 aliphatic carbocycles. The molecule has 4 N–H and O–H groups in total. The summed E-state index contributed by atoms with van der Waals surface area (Å²) in [6.07, 6.45) is 3.29. The lowest BCUT2D eigenvalue weighted by molar-refractivity contribution is 0.870. The summed E-state index contributed by atoms with van der Waals surface area (Å²) in [6.45, 7) is 0.632. The molecule has 0 aliphatic heterocycles. The van der Waals surface area contributed by atoms with Crippen LogP contribution in [0.4, 0.5) is 17.5 Å². The van der Waals surface area contributed by atoms with Crippen LogP contribution in [-0.2, 0) is 0 Å². The highest BCUT2D eigenvalue weighted by Crippen LogP contribution is 2.18. The van der Waals surface area contributed by atoms with Crippen LogP contribution in [-0.4, -0.2) is 16.5 Å². The number of aromatic nitrogens is 2. The van der Waals surface area contributed by atoms with Crippen LogP contribution in [0.3, 0.4) is 0 Å². The zero-order valence-electron chi connectivity index (χ0n) is 12.5. The molecule has 1 atom stereocenters. The van der Waals surface area contributed by atoms with Crippen molar-refractivity contribution in [1.82, 2.24) is 9.97 Å². The topological polar surface area (TPSA) is 99.7 Å². The molecule has 0 amide bonds. The second kappa shape index (κ2) is 8.70. The van der Waals surface area contributed by atoms with Crippen molar-refractivity contribution in [2.75, 3.05) is 16.9 Å². The Labute approximate surface area is 137 Å². The van der Waals surface area contributed by atoms with Gasteiger partial charge in [0.15, 0.2) is 0 Å². The largest absolute Gasteiger partial charge is 0.353 e. The second-order valence-corrected chi connectivity index (χ2v) is 4.90. The van der Waals surface area contributed by atoms with Crippen molar-refractivity contribution >= 4 is 26.8 Å². The number of rotatable bonds is 5. The Balaban J connectivity index is 2.14. The summed E-state index contributed by atoms with van der Waals surface area (Å²) >= 11 is 0. The van der Waals surface area contributed by atoms with Crippen molar-refractivity contribution in [2.24, 2.45) is 5.73 Å². The smallest absolute Gasteiger partial charge is 0.229 e. The van der Waals surface area contributed by atoms with E-state index in [1.807, 2.05) is 0 Å². The van der Waals surface area contributed by atoms with Crippen LogP contribution in [0.15, 0.2) is 30.5 Å². The maximum absolute atomic E-state index is 8.80. The minimum atomic E-state index is 0.451. The van der Waals surface area contributed by atoms with Gasteiger partial charge in [0.1, 0.15) is 5.82 Å². The predicted molar refractivity (Wildman–Crippen MR) is 95.0 cm³/mol. The van der Waals surface area contributed by atoms with Gasteiger partial charge in [-0.2, -0.15) is 10.2 Å². The van der Waals surface area contributed by atoms with E-state index in [9.17, 15) is 0 Å². The van der Waals surface area contributed by atoms with Crippen LogP contribution in [0.2, 0.25) is 0 Å². The molecular formula is C16H17N6P. The van der Waals surface area contributed by atoms with Crippen LogP contribution in [0.25, 0.3) is 0 Å². The molecule has 116 valence electrons. The number of hydrogen-bond donors (Lipinski definition) is 3. The third kappa shape index (κ3) is 4.93. The molecule has 6 nitrogen and oxygen atoms in total. The molecule has 2 rings (SSSR count). The Morgan fingerprint density at radius 1 is 1.26 bits per heavy atom. The fraction of sp³-hybridized carbons (Fsp3) is 0.188. The van der Waals surface area contributed by atoms with E-state index in [1.54, 1.807) is 30.5 Å². The first-order valence-electron chi connectivity index (χ1n) is 7.06. The fourth-order valence-electron chi connectivity index (χ4n) is 1.75. The van der Waals surface area contributed by atoms with Crippen LogP contribution in [0, 0.1) is 23.2 Å². The predicted octanol–water partition coefficient (Wildman–Crippen LogP) is 2.38. The number of benzene rings is 1. The molecule has 7 heteroatoms. The minimum absolute atomic E-state index is 0.451. The van der Waals surface area contributed by atoms with E-state index in [4.69, 9.17) is 11.0 Å². The lowest BCUT2D eigenvalue weighted by Gasteiger charge is -2.07. The van der Waals surface area contributed by atoms with E-state index >= 15 is 0 Å². The van der Waals surface area contributed by atoms with Gasteiger partial charge in [0.25, 0.3) is 0 Å². The summed E-state index contributed by atoms with van der Waals surface area (Å²) in [5.74, 6) is 7.16. The van der Waals surface area contributed by atoms with Gasteiger partial charge in [-0.1, -0.05) is 11.8 Å². The number of nitrogens with zero attached hydrogens (tertiary/aromatic N) is 3. The normalized spacial score (nSPS) is 9.43. The Bertz CT molecular complexity index is 755. The van der Waals surface area contributed by atoms with E-state index in [-0.39, 0.29) is 0 Å². The fourth-order valence-corrected chi connectivity index (χ4v) is 1.97. The van der Waals surface area contributed by atoms with Crippen molar-refractivity contribution in [1.29, 1.82) is 5.26 Å². The minimum Gasteiger partial charge on any atom is -0.353 e. The van der Waals surface area contributed by atoms with E-state index in [1.165, 1.54) is 0 Å². The molecular weight excluding hydrogens is 307 g/mol. The highest BCUT2D eigenvalue weighted by atomic mass is 31.0. The first-order chi connectivity index (χ1) is 11.3. The molecule has 1 heterocycles. The van der Waals surface area contributed by atoms with Gasteiger partial charge >= 0.3 is 0 Å². The molecule has 0 saturated heterocycles. The molecule has 2 aromatic rings. The molecule has 23 heavy (non-hydrogen) atoms. The van der Waals surface area contributed by atoms with Crippen molar-refractivity contribution in [3.05, 3.63) is 41.6 Å². The van der Waals surface area contributed by atoms with E-state index in [0.29, 0.717) is 23.9 Å². The number of nitrogens with two attached hydrogens (primary N) is 1. The van der Waals surface area contributed by atoms with Gasteiger partial charge in [-0.3, -0.25) is 0 Å². The molecule has 1 unspecified atom stereocenters. The first-order valence-corrected chi connectivity index (χ1v) is 7.64. The molecule has 0 saturated carbocycles. The van der Waals surface area contributed by atoms with Crippen molar-refractivity contribution in [3.8, 4) is 17.9 Å². The van der Waals surface area contributed by atoms with Gasteiger partial charge in [0.05, 0.1) is 23.4 Å². The highest BCUT2D eigenvalue weighted by Gasteiger charge is 2.04. The van der Waals surface area contributed by atoms with E-state index in [0.717, 1.165) is 24.1 Å². The SMILES string of the molecule is N#Cc1ccc(Nc2ncc(C#CCCCN)c(NP)n2)cc1. The molecule has 1 aromatic carbocycles. The summed E-state index contributed by atoms with van der Waals surface area (Å²) in [5, 5.41) is 14.8. The quantitative estimate of drug-likeness (QED) is 0.444. The number of nitriles is 1. The van der Waals surface area contributed by atoms with Gasteiger partial charge < -0.3 is 16.1 Å². The zero-order chi connectivity index (χ0) is 16.5. The zero-order valence-corrected chi connectivity index (χ0v) is 13.7. The van der Waals surface area contributed by atoms with E-state index < -0.39 is 0 Å². The lowest BCUT2D eigenvalue weighted by Crippen LogP contribution is -2.01. The summed E-state index contributed by atoms with van der Waals surface area (Å²) in [7, 11) is 2.41. The summed E-state index contributed by atoms with van der Waals surface area (Å²) in [5.41, 5.74) is 7.58. The Hall–Kier alpha value is -2.66. The van der Waals surface area contributed by atoms with Crippen LogP contribution < -0.4 is 16.1 Å². The summed E-state index contributed by atoms with van der Waals surface area (Å²) in [4.78, 5) is 8.64. The molecule has 0 aliphatic rings. The summed E-state index contributed by atoms with van der Waals surface area (Å²) in [6, 6.07) is 9.14. The number of nitrogens with one attached hydrogen (secondary N) is 2. The van der Waals surface area contributed by atoms with Gasteiger partial charge in [-0.05, 0) is 46.6 Å². The average Bonchev–Trinajstić information content (AvgIpc) is 2.60. The maximum Gasteiger partial charge on any atom is 0.229 e. The third-order valence-corrected chi connectivity index (χ3v) is 3.20. The van der Waals surface area contributed by atoms with Crippen molar-refractivity contribution < 1.29 is 0 Å². The van der Waals surface area contributed by atoms with Crippen LogP contribution >= 0.6 is 9.39 Å². The van der Waals surface area contributed by atoms with Gasteiger partial charge in [-0.25, -0.2) is 4.98 Å². The molecule has 0 fully saturated rings. The van der Waals surface area contributed by atoms with E-state index in [2.05, 4.69) is 47.7 Å². The van der Waals surface area contributed by atoms with Crippen molar-refractivity contribution in [3.63, 3.8) is 0 Å². The highest BCUT2D eigenvalue weighted by molar-refractivity contribution is 7.18. The maximum atomic E-state index is 8.80. The number of unbranched alkanes of at least 4 members (excludes halogenated alkanes) is 1. The van der Waals surface area contributed by atoms with Crippen LogP contribution in [0.5, 0.6) is 0 Å². The monoisotopic (exact) mass is 324 g/mol. The number of anilines is 3. The standard InChI is InChI=1S/C16H17N6P/c17-9-3-1-2-4-13-11-19-16(21-15(13)22-23)20-14-7-5-12(10-18)6-8-14/h5-8,11H,1,3,9,17,23H2,(H2,19,20,21,22). The molecule has 0 bridgehead atoms. The average molecular weight is 324 g/mol. The Morgan fingerprint density at radius 2 is 2.04 bits per heavy atom. The molecule has 1 aromatic heterocycles. The van der Waals surface area contributed by atoms with Gasteiger partial charge in [0, 0.05) is 12.1 Å². The van der Waals surface area contributed by atoms with Crippen molar-refractivity contribution in [2.45, 2.75) is 12.8 Å². The van der Waals surface area contributed by atoms with Gasteiger partial charge in [-0.15, -0.1) is 0 Å². The van der Waals surface area contributed by atoms with Crippen LogP contribution in [0.1, 0.15) is 24.0 Å². The Kier molecular flexibility index (Phi) is 6.32. The third-order valence-electron chi connectivity index (χ3n) is 2.92. The molecule has 0 spiro atoms. The van der Waals surface area contributed by atoms with Gasteiger partial charge in [0.2, 0.25) is 5.95 Å². The second-order valence-electron chi connectivity index (χ2n) is 4.61.